The molecule has 0 bridgehead atoms. The summed E-state index contributed by atoms with van der Waals surface area (Å²) in [6, 6.07) is 12.1. The molecule has 0 saturated carbocycles. The number of ether oxygens (including phenoxy) is 1. The fraction of sp³-hybridized carbons (Fsp3) is 0.167. The minimum Gasteiger partial charge on any atom is -0.423 e. The normalized spacial score (nSPS) is 20.8. The van der Waals surface area contributed by atoms with Crippen molar-refractivity contribution in [1.29, 1.82) is 0 Å². The third kappa shape index (κ3) is 3.10. The first-order valence-electron chi connectivity index (χ1n) is 9.95. The highest BCUT2D eigenvalue weighted by Crippen LogP contribution is 2.52. The number of thioether (sulfide) groups is 1. The zero-order valence-electron chi connectivity index (χ0n) is 17.5. The maximum absolute atomic E-state index is 13.6. The summed E-state index contributed by atoms with van der Waals surface area (Å²) in [4.78, 5) is 40.8. The molecule has 1 N–H and O–H groups in total. The van der Waals surface area contributed by atoms with Crippen LogP contribution in [0.1, 0.15) is 42.3 Å². The number of rotatable bonds is 2. The van der Waals surface area contributed by atoms with Gasteiger partial charge in [-0.1, -0.05) is 48.3 Å². The highest BCUT2D eigenvalue weighted by Gasteiger charge is 2.47. The van der Waals surface area contributed by atoms with E-state index in [1.807, 2.05) is 32.9 Å². The van der Waals surface area contributed by atoms with Crippen LogP contribution in [0.3, 0.4) is 0 Å². The summed E-state index contributed by atoms with van der Waals surface area (Å²) in [6.07, 6.45) is 2.00. The van der Waals surface area contributed by atoms with Gasteiger partial charge in [-0.2, -0.15) is 0 Å². The van der Waals surface area contributed by atoms with Gasteiger partial charge in [0.15, 0.2) is 0 Å². The molecule has 3 heterocycles. The monoisotopic (exact) mass is 462 g/mol. The Labute approximate surface area is 194 Å². The first-order valence-corrected chi connectivity index (χ1v) is 11.2. The standard InChI is InChI=1S/C24H18N2O4S2/c1-12-11-24(2,3)26-18-15(12)9-14(30-22(29)13-7-5-4-6-8-13)10-16(18)17(21(26)28)19-20(27)25-23(31)32-19/h4-11H,1-3H3,(H,25,27,31). The van der Waals surface area contributed by atoms with E-state index in [2.05, 4.69) is 5.32 Å². The molecule has 0 spiro atoms. The van der Waals surface area contributed by atoms with E-state index in [0.717, 1.165) is 22.9 Å². The summed E-state index contributed by atoms with van der Waals surface area (Å²) in [6.45, 7) is 5.86. The Morgan fingerprint density at radius 3 is 2.47 bits per heavy atom. The van der Waals surface area contributed by atoms with Crippen molar-refractivity contribution in [3.05, 3.63) is 70.1 Å². The molecule has 160 valence electrons. The Hall–Kier alpha value is -3.23. The number of nitrogens with zero attached hydrogens (tertiary/aromatic N) is 1. The van der Waals surface area contributed by atoms with Gasteiger partial charge in [-0.3, -0.25) is 14.5 Å². The molecular weight excluding hydrogens is 444 g/mol. The average molecular weight is 463 g/mol. The van der Waals surface area contributed by atoms with E-state index >= 15 is 0 Å². The van der Waals surface area contributed by atoms with Crippen LogP contribution >= 0.6 is 24.0 Å². The third-order valence-electron chi connectivity index (χ3n) is 5.63. The molecule has 6 nitrogen and oxygen atoms in total. The molecule has 0 aliphatic carbocycles. The van der Waals surface area contributed by atoms with Crippen LogP contribution in [-0.2, 0) is 9.59 Å². The van der Waals surface area contributed by atoms with E-state index in [1.54, 1.807) is 41.3 Å². The number of anilines is 1. The van der Waals surface area contributed by atoms with Crippen LogP contribution in [0.15, 0.2) is 53.4 Å². The lowest BCUT2D eigenvalue weighted by Gasteiger charge is -2.38. The molecule has 5 rings (SSSR count). The number of esters is 1. The van der Waals surface area contributed by atoms with Crippen molar-refractivity contribution in [1.82, 2.24) is 5.32 Å². The minimum absolute atomic E-state index is 0.261. The number of amides is 2. The van der Waals surface area contributed by atoms with Gasteiger partial charge in [-0.25, -0.2) is 4.79 Å². The van der Waals surface area contributed by atoms with Crippen LogP contribution in [0, 0.1) is 0 Å². The Morgan fingerprint density at radius 2 is 1.81 bits per heavy atom. The summed E-state index contributed by atoms with van der Waals surface area (Å²) < 4.78 is 5.98. The first kappa shape index (κ1) is 20.7. The Morgan fingerprint density at radius 1 is 1.12 bits per heavy atom. The lowest BCUT2D eigenvalue weighted by Crippen LogP contribution is -2.46. The van der Waals surface area contributed by atoms with Gasteiger partial charge in [0, 0.05) is 11.1 Å². The number of carbonyl (C=O) groups excluding carboxylic acids is 3. The van der Waals surface area contributed by atoms with Crippen LogP contribution in [0.4, 0.5) is 5.69 Å². The van der Waals surface area contributed by atoms with Gasteiger partial charge in [0.25, 0.3) is 11.8 Å². The van der Waals surface area contributed by atoms with E-state index in [9.17, 15) is 14.4 Å². The van der Waals surface area contributed by atoms with Gasteiger partial charge in [0.2, 0.25) is 0 Å². The summed E-state index contributed by atoms with van der Waals surface area (Å²) in [7, 11) is 0. The molecule has 0 radical (unpaired) electrons. The number of thiocarbonyl (C=S) groups is 1. The molecule has 2 aromatic carbocycles. The molecule has 32 heavy (non-hydrogen) atoms. The van der Waals surface area contributed by atoms with Gasteiger partial charge < -0.3 is 10.1 Å². The van der Waals surface area contributed by atoms with Gasteiger partial charge in [0.1, 0.15) is 10.1 Å². The molecule has 2 aromatic rings. The summed E-state index contributed by atoms with van der Waals surface area (Å²) in [5.74, 6) is -0.867. The van der Waals surface area contributed by atoms with Crippen molar-refractivity contribution in [2.24, 2.45) is 0 Å². The molecule has 3 aliphatic rings. The van der Waals surface area contributed by atoms with E-state index in [0.29, 0.717) is 26.9 Å². The lowest BCUT2D eigenvalue weighted by atomic mass is 9.89. The topological polar surface area (TPSA) is 75.7 Å². The molecule has 1 fully saturated rings. The van der Waals surface area contributed by atoms with E-state index in [-0.39, 0.29) is 16.4 Å². The fourth-order valence-electron chi connectivity index (χ4n) is 4.39. The van der Waals surface area contributed by atoms with Gasteiger partial charge >= 0.3 is 5.97 Å². The van der Waals surface area contributed by atoms with Gasteiger partial charge in [-0.05, 0) is 50.6 Å². The Kier molecular flexibility index (Phi) is 4.61. The molecular formula is C24H18N2O4S2. The number of benzene rings is 2. The number of carbonyl (C=O) groups is 3. The van der Waals surface area contributed by atoms with Crippen molar-refractivity contribution >= 4 is 62.9 Å². The van der Waals surface area contributed by atoms with Crippen LogP contribution < -0.4 is 15.0 Å². The molecule has 0 atom stereocenters. The largest absolute Gasteiger partial charge is 0.423 e. The predicted octanol–water partition coefficient (Wildman–Crippen LogP) is 4.31. The summed E-state index contributed by atoms with van der Waals surface area (Å²) in [5, 5.41) is 2.58. The summed E-state index contributed by atoms with van der Waals surface area (Å²) in [5.41, 5.74) is 3.12. The van der Waals surface area contributed by atoms with Crippen molar-refractivity contribution < 1.29 is 19.1 Å². The predicted molar refractivity (Wildman–Crippen MR) is 128 cm³/mol. The molecule has 8 heteroatoms. The second kappa shape index (κ2) is 7.15. The van der Waals surface area contributed by atoms with Crippen LogP contribution in [0.5, 0.6) is 5.75 Å². The van der Waals surface area contributed by atoms with Crippen LogP contribution in [0.25, 0.3) is 11.1 Å². The lowest BCUT2D eigenvalue weighted by molar-refractivity contribution is -0.116. The third-order valence-corrected chi connectivity index (χ3v) is 6.86. The van der Waals surface area contributed by atoms with Crippen molar-refractivity contribution in [3.63, 3.8) is 0 Å². The van der Waals surface area contributed by atoms with Crippen molar-refractivity contribution in [2.75, 3.05) is 4.90 Å². The molecule has 0 aromatic heterocycles. The molecule has 0 unspecified atom stereocenters. The molecule has 3 aliphatic heterocycles. The highest BCUT2D eigenvalue weighted by molar-refractivity contribution is 8.27. The highest BCUT2D eigenvalue weighted by atomic mass is 32.2. The van der Waals surface area contributed by atoms with E-state index in [1.165, 1.54) is 0 Å². The second-order valence-electron chi connectivity index (χ2n) is 8.29. The SMILES string of the molecule is CC1=CC(C)(C)N2C(=O)C(=C3SC(=S)NC3=O)c3cc(OC(=O)c4ccccc4)cc1c32. The van der Waals surface area contributed by atoms with Crippen LogP contribution in [0.2, 0.25) is 0 Å². The van der Waals surface area contributed by atoms with Crippen molar-refractivity contribution in [2.45, 2.75) is 26.3 Å². The van der Waals surface area contributed by atoms with Crippen molar-refractivity contribution in [3.8, 4) is 5.75 Å². The number of hydrogen-bond donors (Lipinski definition) is 1. The first-order chi connectivity index (χ1) is 15.2. The number of allylic oxidation sites excluding steroid dienone is 1. The molecule has 1 saturated heterocycles. The zero-order valence-corrected chi connectivity index (χ0v) is 19.1. The van der Waals surface area contributed by atoms with E-state index < -0.39 is 17.4 Å². The van der Waals surface area contributed by atoms with Gasteiger partial charge in [-0.15, -0.1) is 0 Å². The van der Waals surface area contributed by atoms with E-state index in [4.69, 9.17) is 17.0 Å². The maximum Gasteiger partial charge on any atom is 0.343 e. The number of nitrogens with one attached hydrogen (secondary N) is 1. The Balaban J connectivity index is 1.70. The smallest absolute Gasteiger partial charge is 0.343 e. The quantitative estimate of drug-likeness (QED) is 0.310. The van der Waals surface area contributed by atoms with Crippen LogP contribution in [-0.4, -0.2) is 27.6 Å². The summed E-state index contributed by atoms with van der Waals surface area (Å²) >= 11 is 6.21. The molecule has 2 amide bonds. The number of hydrogen-bond acceptors (Lipinski definition) is 6. The average Bonchev–Trinajstić information content (AvgIpc) is 3.21. The Bertz CT molecular complexity index is 1310. The second-order valence-corrected chi connectivity index (χ2v) is 9.98. The maximum atomic E-state index is 13.6. The zero-order chi connectivity index (χ0) is 22.8. The minimum atomic E-state index is -0.590. The van der Waals surface area contributed by atoms with Gasteiger partial charge in [0.05, 0.1) is 27.3 Å². The fourth-order valence-corrected chi connectivity index (χ4v) is 5.50.